The molecule has 0 saturated carbocycles. The number of hydrazone groups is 1. The van der Waals surface area contributed by atoms with Crippen LogP contribution in [-0.4, -0.2) is 50.5 Å². The molecular formula is C21H28N4. The Morgan fingerprint density at radius 2 is 1.52 bits per heavy atom. The number of piperazine rings is 1. The number of nitrogens with zero attached hydrogens (tertiary/aromatic N) is 4. The summed E-state index contributed by atoms with van der Waals surface area (Å²) in [7, 11) is 0. The van der Waals surface area contributed by atoms with Crippen LogP contribution in [0.2, 0.25) is 0 Å². The number of hydrogen-bond donors (Lipinski definition) is 0. The van der Waals surface area contributed by atoms with E-state index >= 15 is 0 Å². The summed E-state index contributed by atoms with van der Waals surface area (Å²) < 4.78 is 0. The van der Waals surface area contributed by atoms with Crippen molar-refractivity contribution in [1.29, 1.82) is 0 Å². The standard InChI is InChI=1S/C21H28N4/c1-3-23(4-2)21-12-10-19(11-13-21)18-22-25-16-14-24(15-17-25)20-8-6-5-7-9-20/h5-13,18H,3-4,14-17H2,1-2H3/b22-18+. The van der Waals surface area contributed by atoms with Gasteiger partial charge in [0.05, 0.1) is 19.3 Å². The highest BCUT2D eigenvalue weighted by atomic mass is 15.5. The number of para-hydroxylation sites is 1. The minimum Gasteiger partial charge on any atom is -0.372 e. The van der Waals surface area contributed by atoms with Gasteiger partial charge in [0, 0.05) is 37.6 Å². The van der Waals surface area contributed by atoms with Gasteiger partial charge in [-0.05, 0) is 43.7 Å². The van der Waals surface area contributed by atoms with Crippen molar-refractivity contribution in [2.45, 2.75) is 13.8 Å². The van der Waals surface area contributed by atoms with Crippen LogP contribution in [0.25, 0.3) is 0 Å². The second kappa shape index (κ2) is 8.56. The lowest BCUT2D eigenvalue weighted by Crippen LogP contribution is -2.44. The van der Waals surface area contributed by atoms with Crippen molar-refractivity contribution >= 4 is 17.6 Å². The summed E-state index contributed by atoms with van der Waals surface area (Å²) in [6.45, 7) is 10.4. The van der Waals surface area contributed by atoms with Crippen LogP contribution in [0.3, 0.4) is 0 Å². The van der Waals surface area contributed by atoms with E-state index in [0.717, 1.165) is 44.8 Å². The molecule has 0 aliphatic carbocycles. The minimum atomic E-state index is 0.961. The topological polar surface area (TPSA) is 22.1 Å². The zero-order valence-electron chi connectivity index (χ0n) is 15.3. The first-order valence-corrected chi connectivity index (χ1v) is 9.24. The first-order valence-electron chi connectivity index (χ1n) is 9.24. The highest BCUT2D eigenvalue weighted by molar-refractivity contribution is 5.80. The molecule has 0 N–H and O–H groups in total. The predicted molar refractivity (Wildman–Crippen MR) is 108 cm³/mol. The summed E-state index contributed by atoms with van der Waals surface area (Å²) in [5, 5.41) is 6.83. The third-order valence-electron chi connectivity index (χ3n) is 4.77. The summed E-state index contributed by atoms with van der Waals surface area (Å²) in [6, 6.07) is 19.3. The zero-order valence-corrected chi connectivity index (χ0v) is 15.3. The summed E-state index contributed by atoms with van der Waals surface area (Å²) in [6.07, 6.45) is 1.98. The molecule has 2 aromatic rings. The van der Waals surface area contributed by atoms with Crippen molar-refractivity contribution in [3.8, 4) is 0 Å². The Morgan fingerprint density at radius 1 is 0.880 bits per heavy atom. The SMILES string of the molecule is CCN(CC)c1ccc(/C=N/N2CCN(c3ccccc3)CC2)cc1. The van der Waals surface area contributed by atoms with Crippen LogP contribution in [0.1, 0.15) is 19.4 Å². The zero-order chi connectivity index (χ0) is 17.5. The highest BCUT2D eigenvalue weighted by Crippen LogP contribution is 2.16. The Hall–Kier alpha value is -2.49. The van der Waals surface area contributed by atoms with Crippen molar-refractivity contribution in [3.05, 3.63) is 60.2 Å². The molecular weight excluding hydrogens is 308 g/mol. The normalized spacial score (nSPS) is 15.0. The van der Waals surface area contributed by atoms with Crippen LogP contribution in [0.4, 0.5) is 11.4 Å². The average Bonchev–Trinajstić information content (AvgIpc) is 2.69. The Balaban J connectivity index is 1.53. The average molecular weight is 336 g/mol. The molecule has 4 heteroatoms. The molecule has 0 bridgehead atoms. The van der Waals surface area contributed by atoms with Crippen LogP contribution in [0, 0.1) is 0 Å². The molecule has 0 amide bonds. The van der Waals surface area contributed by atoms with E-state index in [4.69, 9.17) is 0 Å². The first kappa shape index (κ1) is 17.3. The van der Waals surface area contributed by atoms with Crippen molar-refractivity contribution < 1.29 is 0 Å². The van der Waals surface area contributed by atoms with E-state index in [-0.39, 0.29) is 0 Å². The molecule has 0 atom stereocenters. The summed E-state index contributed by atoms with van der Waals surface area (Å²) in [4.78, 5) is 4.77. The first-order chi connectivity index (χ1) is 12.3. The van der Waals surface area contributed by atoms with Crippen molar-refractivity contribution in [2.24, 2.45) is 5.10 Å². The van der Waals surface area contributed by atoms with E-state index in [1.54, 1.807) is 0 Å². The molecule has 0 radical (unpaired) electrons. The van der Waals surface area contributed by atoms with Crippen LogP contribution < -0.4 is 9.80 Å². The lowest BCUT2D eigenvalue weighted by atomic mass is 10.2. The van der Waals surface area contributed by atoms with Crippen LogP contribution >= 0.6 is 0 Å². The minimum absolute atomic E-state index is 0.961. The van der Waals surface area contributed by atoms with Crippen molar-refractivity contribution in [2.75, 3.05) is 49.1 Å². The Labute approximate surface area is 151 Å². The summed E-state index contributed by atoms with van der Waals surface area (Å²) >= 11 is 0. The summed E-state index contributed by atoms with van der Waals surface area (Å²) in [5.74, 6) is 0. The van der Waals surface area contributed by atoms with Crippen molar-refractivity contribution in [1.82, 2.24) is 5.01 Å². The summed E-state index contributed by atoms with van der Waals surface area (Å²) in [5.41, 5.74) is 3.73. The molecule has 3 rings (SSSR count). The fourth-order valence-corrected chi connectivity index (χ4v) is 3.22. The second-order valence-corrected chi connectivity index (χ2v) is 6.28. The maximum absolute atomic E-state index is 4.66. The van der Waals surface area contributed by atoms with Gasteiger partial charge in [0.1, 0.15) is 0 Å². The molecule has 132 valence electrons. The van der Waals surface area contributed by atoms with Gasteiger partial charge >= 0.3 is 0 Å². The van der Waals surface area contributed by atoms with Gasteiger partial charge in [0.2, 0.25) is 0 Å². The van der Waals surface area contributed by atoms with Gasteiger partial charge in [-0.25, -0.2) is 0 Å². The smallest absolute Gasteiger partial charge is 0.0542 e. The van der Waals surface area contributed by atoms with Gasteiger partial charge in [-0.1, -0.05) is 30.3 Å². The van der Waals surface area contributed by atoms with Gasteiger partial charge in [-0.15, -0.1) is 0 Å². The second-order valence-electron chi connectivity index (χ2n) is 6.28. The molecule has 0 unspecified atom stereocenters. The molecule has 4 nitrogen and oxygen atoms in total. The number of benzene rings is 2. The van der Waals surface area contributed by atoms with E-state index in [9.17, 15) is 0 Å². The Kier molecular flexibility index (Phi) is 5.94. The molecule has 1 heterocycles. The third kappa shape index (κ3) is 4.53. The van der Waals surface area contributed by atoms with Gasteiger partial charge in [-0.3, -0.25) is 5.01 Å². The molecule has 25 heavy (non-hydrogen) atoms. The lowest BCUT2D eigenvalue weighted by Gasteiger charge is -2.34. The van der Waals surface area contributed by atoms with E-state index in [0.29, 0.717) is 0 Å². The largest absolute Gasteiger partial charge is 0.372 e. The van der Waals surface area contributed by atoms with Crippen LogP contribution in [-0.2, 0) is 0 Å². The van der Waals surface area contributed by atoms with Crippen LogP contribution in [0.5, 0.6) is 0 Å². The molecule has 1 fully saturated rings. The Morgan fingerprint density at radius 3 is 2.12 bits per heavy atom. The molecule has 1 aliphatic heterocycles. The fourth-order valence-electron chi connectivity index (χ4n) is 3.22. The highest BCUT2D eigenvalue weighted by Gasteiger charge is 2.15. The van der Waals surface area contributed by atoms with Crippen LogP contribution in [0.15, 0.2) is 59.7 Å². The van der Waals surface area contributed by atoms with Crippen molar-refractivity contribution in [3.63, 3.8) is 0 Å². The van der Waals surface area contributed by atoms with Gasteiger partial charge in [-0.2, -0.15) is 5.10 Å². The monoisotopic (exact) mass is 336 g/mol. The lowest BCUT2D eigenvalue weighted by molar-refractivity contribution is 0.272. The number of anilines is 2. The molecule has 0 spiro atoms. The fraction of sp³-hybridized carbons (Fsp3) is 0.381. The predicted octanol–water partition coefficient (Wildman–Crippen LogP) is 3.69. The van der Waals surface area contributed by atoms with E-state index in [1.807, 2.05) is 6.21 Å². The quantitative estimate of drug-likeness (QED) is 0.751. The van der Waals surface area contributed by atoms with Gasteiger partial charge in [0.25, 0.3) is 0 Å². The van der Waals surface area contributed by atoms with E-state index < -0.39 is 0 Å². The molecule has 1 saturated heterocycles. The molecule has 0 aromatic heterocycles. The van der Waals surface area contributed by atoms with Gasteiger partial charge in [0.15, 0.2) is 0 Å². The van der Waals surface area contributed by atoms with Gasteiger partial charge < -0.3 is 9.80 Å². The number of rotatable bonds is 6. The number of hydrogen-bond acceptors (Lipinski definition) is 4. The molecule has 2 aromatic carbocycles. The maximum atomic E-state index is 4.66. The van der Waals surface area contributed by atoms with E-state index in [1.165, 1.54) is 11.4 Å². The maximum Gasteiger partial charge on any atom is 0.0542 e. The van der Waals surface area contributed by atoms with E-state index in [2.05, 4.69) is 88.4 Å². The third-order valence-corrected chi connectivity index (χ3v) is 4.77. The molecule has 1 aliphatic rings. The Bertz CT molecular complexity index is 654.